The number of hydrogen-bond donors (Lipinski definition) is 0. The Kier molecular flexibility index (Phi) is 8.28. The molecule has 0 aromatic heterocycles. The second-order valence-electron chi connectivity index (χ2n) is 10.2. The van der Waals surface area contributed by atoms with Gasteiger partial charge in [0, 0.05) is 12.0 Å². The molecule has 2 aromatic carbocycles. The van der Waals surface area contributed by atoms with Crippen LogP contribution >= 0.6 is 0 Å². The quantitative estimate of drug-likeness (QED) is 0.277. The van der Waals surface area contributed by atoms with Crippen LogP contribution in [0.5, 0.6) is 0 Å². The summed E-state index contributed by atoms with van der Waals surface area (Å²) in [4.78, 5) is 0. The summed E-state index contributed by atoms with van der Waals surface area (Å²) in [5.41, 5.74) is 1.05. The average Bonchev–Trinajstić information content (AvgIpc) is 2.87. The fraction of sp³-hybridized carbons (Fsp3) is 0.517. The molecule has 0 amide bonds. The molecule has 0 radical (unpaired) electrons. The minimum absolute atomic E-state index is 0.00119. The number of halogens is 6. The van der Waals surface area contributed by atoms with Crippen molar-refractivity contribution < 1.29 is 26.3 Å². The molecule has 2 aliphatic rings. The maximum absolute atomic E-state index is 14.8. The van der Waals surface area contributed by atoms with E-state index in [0.29, 0.717) is 29.4 Å². The Balaban J connectivity index is 1.32. The van der Waals surface area contributed by atoms with Gasteiger partial charge >= 0.3 is 0 Å². The summed E-state index contributed by atoms with van der Waals surface area (Å²) in [5, 5.41) is 0. The van der Waals surface area contributed by atoms with E-state index in [-0.39, 0.29) is 23.8 Å². The summed E-state index contributed by atoms with van der Waals surface area (Å²) in [6.07, 6.45) is 7.66. The Morgan fingerprint density at radius 1 is 0.714 bits per heavy atom. The minimum Gasteiger partial charge on any atom is -0.209 e. The lowest BCUT2D eigenvalue weighted by Crippen LogP contribution is -2.25. The predicted octanol–water partition coefficient (Wildman–Crippen LogP) is 9.90. The molecule has 6 heteroatoms. The molecule has 0 atom stereocenters. The van der Waals surface area contributed by atoms with Crippen molar-refractivity contribution in [3.05, 3.63) is 76.1 Å². The van der Waals surface area contributed by atoms with Gasteiger partial charge in [-0.1, -0.05) is 19.1 Å². The zero-order valence-electron chi connectivity index (χ0n) is 20.0. The maximum atomic E-state index is 14.8. The highest BCUT2D eigenvalue weighted by Crippen LogP contribution is 2.46. The fourth-order valence-corrected chi connectivity index (χ4v) is 6.12. The van der Waals surface area contributed by atoms with E-state index in [1.807, 2.05) is 0 Å². The molecule has 4 rings (SSSR count). The SMILES string of the molecule is CCC/C(F)=C(\F)c1ccc(C2CCC(C3CCC(c4cc(F)c(F)c(F)c4)CC3)CC2)c(F)c1. The Labute approximate surface area is 203 Å². The van der Waals surface area contributed by atoms with Gasteiger partial charge in [-0.3, -0.25) is 0 Å². The highest BCUT2D eigenvalue weighted by molar-refractivity contribution is 5.61. The van der Waals surface area contributed by atoms with Crippen LogP contribution in [0.4, 0.5) is 26.3 Å². The van der Waals surface area contributed by atoms with Gasteiger partial charge in [-0.2, -0.15) is 0 Å². The van der Waals surface area contributed by atoms with Crippen LogP contribution in [0.25, 0.3) is 5.83 Å². The molecule has 0 aliphatic heterocycles. The van der Waals surface area contributed by atoms with Crippen LogP contribution in [0.1, 0.15) is 99.7 Å². The molecule has 2 aliphatic carbocycles. The molecule has 0 nitrogen and oxygen atoms in total. The van der Waals surface area contributed by atoms with Crippen LogP contribution in [0.3, 0.4) is 0 Å². The van der Waals surface area contributed by atoms with Crippen LogP contribution in [-0.4, -0.2) is 0 Å². The first-order chi connectivity index (χ1) is 16.8. The minimum atomic E-state index is -1.42. The first-order valence-corrected chi connectivity index (χ1v) is 12.8. The number of hydrogen-bond acceptors (Lipinski definition) is 0. The Bertz CT molecular complexity index is 1040. The highest BCUT2D eigenvalue weighted by Gasteiger charge is 2.33. The molecule has 35 heavy (non-hydrogen) atoms. The normalized spacial score (nSPS) is 25.9. The summed E-state index contributed by atoms with van der Waals surface area (Å²) < 4.78 is 83.3. The van der Waals surface area contributed by atoms with Crippen molar-refractivity contribution in [1.82, 2.24) is 0 Å². The van der Waals surface area contributed by atoms with Gasteiger partial charge in [0.2, 0.25) is 0 Å². The van der Waals surface area contributed by atoms with Crippen molar-refractivity contribution in [2.75, 3.05) is 0 Å². The highest BCUT2D eigenvalue weighted by atomic mass is 19.2. The van der Waals surface area contributed by atoms with Crippen molar-refractivity contribution >= 4 is 5.83 Å². The molecule has 0 N–H and O–H groups in total. The van der Waals surface area contributed by atoms with Crippen LogP contribution in [-0.2, 0) is 0 Å². The summed E-state index contributed by atoms with van der Waals surface area (Å²) >= 11 is 0. The average molecular weight is 495 g/mol. The van der Waals surface area contributed by atoms with Gasteiger partial charge in [-0.05, 0) is 111 Å². The first-order valence-electron chi connectivity index (χ1n) is 12.8. The molecule has 0 spiro atoms. The molecule has 0 bridgehead atoms. The van der Waals surface area contributed by atoms with E-state index in [0.717, 1.165) is 69.6 Å². The maximum Gasteiger partial charge on any atom is 0.194 e. The second-order valence-corrected chi connectivity index (χ2v) is 10.2. The molecule has 2 aromatic rings. The van der Waals surface area contributed by atoms with E-state index in [1.54, 1.807) is 13.0 Å². The smallest absolute Gasteiger partial charge is 0.194 e. The fourth-order valence-electron chi connectivity index (χ4n) is 6.12. The Morgan fingerprint density at radius 3 is 1.77 bits per heavy atom. The zero-order valence-corrected chi connectivity index (χ0v) is 20.0. The van der Waals surface area contributed by atoms with E-state index >= 15 is 0 Å². The molecular weight excluding hydrogens is 462 g/mol. The second kappa shape index (κ2) is 11.2. The van der Waals surface area contributed by atoms with Gasteiger partial charge in [-0.25, -0.2) is 26.3 Å². The molecule has 2 fully saturated rings. The van der Waals surface area contributed by atoms with Crippen molar-refractivity contribution in [2.45, 2.75) is 83.0 Å². The largest absolute Gasteiger partial charge is 0.209 e. The summed E-state index contributed by atoms with van der Waals surface area (Å²) in [7, 11) is 0. The van der Waals surface area contributed by atoms with Gasteiger partial charge in [0.25, 0.3) is 0 Å². The number of benzene rings is 2. The molecule has 0 saturated heterocycles. The lowest BCUT2D eigenvalue weighted by atomic mass is 9.67. The first kappa shape index (κ1) is 25.8. The predicted molar refractivity (Wildman–Crippen MR) is 126 cm³/mol. The van der Waals surface area contributed by atoms with Crippen molar-refractivity contribution in [3.8, 4) is 0 Å². The summed E-state index contributed by atoms with van der Waals surface area (Å²) in [6, 6.07) is 6.41. The van der Waals surface area contributed by atoms with Gasteiger partial charge in [0.15, 0.2) is 23.3 Å². The van der Waals surface area contributed by atoms with E-state index in [1.165, 1.54) is 6.07 Å². The van der Waals surface area contributed by atoms with E-state index in [9.17, 15) is 26.3 Å². The van der Waals surface area contributed by atoms with Gasteiger partial charge in [0.1, 0.15) is 11.6 Å². The Hall–Kier alpha value is -2.24. The van der Waals surface area contributed by atoms with Crippen LogP contribution in [0.15, 0.2) is 36.2 Å². The number of allylic oxidation sites excluding steroid dienone is 1. The van der Waals surface area contributed by atoms with E-state index in [2.05, 4.69) is 0 Å². The van der Waals surface area contributed by atoms with Gasteiger partial charge in [-0.15, -0.1) is 0 Å². The van der Waals surface area contributed by atoms with E-state index in [4.69, 9.17) is 0 Å². The van der Waals surface area contributed by atoms with Crippen molar-refractivity contribution in [1.29, 1.82) is 0 Å². The van der Waals surface area contributed by atoms with Crippen LogP contribution < -0.4 is 0 Å². The molecule has 190 valence electrons. The van der Waals surface area contributed by atoms with Gasteiger partial charge < -0.3 is 0 Å². The lowest BCUT2D eigenvalue weighted by Gasteiger charge is -2.38. The molecule has 0 heterocycles. The molecule has 0 unspecified atom stereocenters. The third-order valence-electron chi connectivity index (χ3n) is 8.09. The molecular formula is C29H32F6. The van der Waals surface area contributed by atoms with Crippen molar-refractivity contribution in [3.63, 3.8) is 0 Å². The monoisotopic (exact) mass is 494 g/mol. The van der Waals surface area contributed by atoms with Crippen molar-refractivity contribution in [2.24, 2.45) is 11.8 Å². The standard InChI is InChI=1S/C29H32F6/c1-2-3-24(30)28(34)21-12-13-23(25(31)14-21)20-10-8-18(9-11-20)17-4-6-19(7-5-17)22-15-26(32)29(35)27(33)16-22/h12-20H,2-11H2,1H3/b28-24+. The Morgan fingerprint density at radius 2 is 1.26 bits per heavy atom. The third kappa shape index (κ3) is 5.78. The topological polar surface area (TPSA) is 0 Å². The third-order valence-corrected chi connectivity index (χ3v) is 8.09. The summed E-state index contributed by atoms with van der Waals surface area (Å²) in [6.45, 7) is 1.76. The number of rotatable bonds is 6. The van der Waals surface area contributed by atoms with E-state index < -0.39 is 34.9 Å². The van der Waals surface area contributed by atoms with Gasteiger partial charge in [0.05, 0.1) is 0 Å². The summed E-state index contributed by atoms with van der Waals surface area (Å²) in [5.74, 6) is -4.84. The zero-order chi connectivity index (χ0) is 25.1. The molecule has 2 saturated carbocycles. The van der Waals surface area contributed by atoms with Crippen LogP contribution in [0.2, 0.25) is 0 Å². The van der Waals surface area contributed by atoms with Crippen LogP contribution in [0, 0.1) is 35.1 Å². The lowest BCUT2D eigenvalue weighted by molar-refractivity contribution is 0.176.